The first kappa shape index (κ1) is 20.7. The molecule has 1 heterocycles. The molecule has 1 aromatic heterocycles. The number of ether oxygens (including phenoxy) is 1. The van der Waals surface area contributed by atoms with E-state index < -0.39 is 33.0 Å². The van der Waals surface area contributed by atoms with Crippen LogP contribution < -0.4 is 4.18 Å². The van der Waals surface area contributed by atoms with Crippen molar-refractivity contribution < 1.29 is 35.3 Å². The van der Waals surface area contributed by atoms with Crippen molar-refractivity contribution in [1.29, 1.82) is 0 Å². The fourth-order valence-electron chi connectivity index (χ4n) is 1.94. The van der Waals surface area contributed by atoms with Gasteiger partial charge in [0.05, 0.1) is 19.4 Å². The molecule has 1 aromatic carbocycles. The van der Waals surface area contributed by atoms with E-state index in [0.29, 0.717) is 22.7 Å². The lowest BCUT2D eigenvalue weighted by atomic mass is 10.2. The lowest BCUT2D eigenvalue weighted by Crippen LogP contribution is -2.28. The monoisotopic (exact) mass is 420 g/mol. The van der Waals surface area contributed by atoms with E-state index >= 15 is 0 Å². The minimum absolute atomic E-state index is 0.263. The number of benzene rings is 1. The molecule has 144 valence electrons. The molecule has 0 unspecified atom stereocenters. The summed E-state index contributed by atoms with van der Waals surface area (Å²) in [5.74, 6) is -1.34. The van der Waals surface area contributed by atoms with Gasteiger partial charge in [0, 0.05) is 5.56 Å². The van der Waals surface area contributed by atoms with Crippen LogP contribution in [0.4, 0.5) is 18.9 Å². The molecule has 2 rings (SSSR count). The minimum Gasteiger partial charge on any atom is -0.465 e. The van der Waals surface area contributed by atoms with Crippen LogP contribution in [0.3, 0.4) is 0 Å². The predicted octanol–water partition coefficient (Wildman–Crippen LogP) is 3.94. The summed E-state index contributed by atoms with van der Waals surface area (Å²) in [6.45, 7) is 8.84. The molecule has 0 amide bonds. The van der Waals surface area contributed by atoms with Gasteiger partial charge in [-0.05, 0) is 18.6 Å². The Morgan fingerprint density at radius 3 is 2.56 bits per heavy atom. The first-order valence-electron chi connectivity index (χ1n) is 7.14. The summed E-state index contributed by atoms with van der Waals surface area (Å²) < 4.78 is 68.3. The number of halogens is 3. The van der Waals surface area contributed by atoms with Crippen LogP contribution in [-0.2, 0) is 21.3 Å². The first-order valence-corrected chi connectivity index (χ1v) is 9.37. The molecule has 0 bridgehead atoms. The summed E-state index contributed by atoms with van der Waals surface area (Å²) in [6, 6.07) is 3.31. The normalized spacial score (nSPS) is 11.7. The van der Waals surface area contributed by atoms with Crippen LogP contribution in [0.2, 0.25) is 0 Å². The van der Waals surface area contributed by atoms with E-state index in [0.717, 1.165) is 23.5 Å². The van der Waals surface area contributed by atoms with Crippen molar-refractivity contribution in [3.8, 4) is 16.3 Å². The van der Waals surface area contributed by atoms with Crippen LogP contribution in [0.1, 0.15) is 22.3 Å². The highest BCUT2D eigenvalue weighted by Gasteiger charge is 2.48. The standard InChI is InChI=1S/C15H11F3N2O5S2/c1-4-9-12(14(21)24-3)26-13(20-9)8-5-6-11(10(7-8)19-2)25-27(22,23)15(16,17)18/h5-7H,4H2,1,3H3. The maximum absolute atomic E-state index is 12.5. The smallest absolute Gasteiger partial charge is 0.465 e. The molecule has 0 saturated carbocycles. The molecular weight excluding hydrogens is 409 g/mol. The Hall–Kier alpha value is -2.65. The molecule has 0 aliphatic carbocycles. The molecule has 2 aromatic rings. The van der Waals surface area contributed by atoms with Gasteiger partial charge >= 0.3 is 21.6 Å². The molecule has 7 nitrogen and oxygen atoms in total. The van der Waals surface area contributed by atoms with Gasteiger partial charge in [-0.2, -0.15) is 21.6 Å². The molecule has 0 aliphatic rings. The Bertz CT molecular complexity index is 1020. The predicted molar refractivity (Wildman–Crippen MR) is 90.1 cm³/mol. The highest BCUT2D eigenvalue weighted by atomic mass is 32.2. The zero-order valence-corrected chi connectivity index (χ0v) is 15.5. The molecule has 0 atom stereocenters. The van der Waals surface area contributed by atoms with Crippen molar-refractivity contribution in [3.63, 3.8) is 0 Å². The van der Waals surface area contributed by atoms with Crippen molar-refractivity contribution >= 4 is 33.1 Å². The molecular formula is C15H11F3N2O5S2. The lowest BCUT2D eigenvalue weighted by Gasteiger charge is -2.11. The summed E-state index contributed by atoms with van der Waals surface area (Å²) in [4.78, 5) is 19.3. The number of esters is 1. The Morgan fingerprint density at radius 2 is 2.04 bits per heavy atom. The highest BCUT2D eigenvalue weighted by Crippen LogP contribution is 2.38. The topological polar surface area (TPSA) is 86.9 Å². The summed E-state index contributed by atoms with van der Waals surface area (Å²) in [5, 5.41) is 0.322. The van der Waals surface area contributed by atoms with Gasteiger partial charge in [-0.1, -0.05) is 13.0 Å². The number of hydrogen-bond acceptors (Lipinski definition) is 7. The van der Waals surface area contributed by atoms with Gasteiger partial charge < -0.3 is 8.92 Å². The van der Waals surface area contributed by atoms with Gasteiger partial charge in [-0.25, -0.2) is 14.6 Å². The second-order valence-corrected chi connectivity index (χ2v) is 7.45. The number of thiazole rings is 1. The Labute approximate surface area is 156 Å². The fraction of sp³-hybridized carbons (Fsp3) is 0.267. The zero-order valence-electron chi connectivity index (χ0n) is 13.8. The summed E-state index contributed by atoms with van der Waals surface area (Å²) in [6.07, 6.45) is 0.432. The quantitative estimate of drug-likeness (QED) is 0.315. The number of carbonyl (C=O) groups is 1. The van der Waals surface area contributed by atoms with Crippen molar-refractivity contribution in [2.75, 3.05) is 7.11 Å². The number of methoxy groups -OCH3 is 1. The first-order chi connectivity index (χ1) is 12.5. The lowest BCUT2D eigenvalue weighted by molar-refractivity contribution is -0.0499. The van der Waals surface area contributed by atoms with Gasteiger partial charge in [0.25, 0.3) is 0 Å². The molecule has 0 fully saturated rings. The Balaban J connectivity index is 2.47. The van der Waals surface area contributed by atoms with Crippen molar-refractivity contribution in [2.45, 2.75) is 18.9 Å². The maximum Gasteiger partial charge on any atom is 0.534 e. The van der Waals surface area contributed by atoms with Crippen LogP contribution in [0.25, 0.3) is 15.4 Å². The van der Waals surface area contributed by atoms with E-state index in [2.05, 4.69) is 18.7 Å². The van der Waals surface area contributed by atoms with E-state index in [1.807, 2.05) is 0 Å². The van der Waals surface area contributed by atoms with E-state index in [1.54, 1.807) is 6.92 Å². The molecule has 27 heavy (non-hydrogen) atoms. The third-order valence-electron chi connectivity index (χ3n) is 3.21. The van der Waals surface area contributed by atoms with Gasteiger partial charge in [-0.15, -0.1) is 11.3 Å². The number of hydrogen-bond donors (Lipinski definition) is 0. The van der Waals surface area contributed by atoms with Crippen molar-refractivity contribution in [2.24, 2.45) is 0 Å². The zero-order chi connectivity index (χ0) is 20.4. The van der Waals surface area contributed by atoms with Crippen LogP contribution in [0.5, 0.6) is 5.75 Å². The second-order valence-electron chi connectivity index (χ2n) is 4.92. The number of aromatic nitrogens is 1. The third kappa shape index (κ3) is 4.20. The van der Waals surface area contributed by atoms with Crippen molar-refractivity contribution in [1.82, 2.24) is 4.98 Å². The number of alkyl halides is 3. The van der Waals surface area contributed by atoms with Crippen LogP contribution >= 0.6 is 11.3 Å². The molecule has 0 radical (unpaired) electrons. The van der Waals surface area contributed by atoms with Gasteiger partial charge in [0.15, 0.2) is 0 Å². The maximum atomic E-state index is 12.5. The summed E-state index contributed by atoms with van der Waals surface area (Å²) in [5.41, 5.74) is -5.29. The Kier molecular flexibility index (Phi) is 5.76. The average molecular weight is 420 g/mol. The van der Waals surface area contributed by atoms with Gasteiger partial charge in [-0.3, -0.25) is 0 Å². The van der Waals surface area contributed by atoms with E-state index in [9.17, 15) is 26.4 Å². The third-order valence-corrected chi connectivity index (χ3v) is 5.31. The minimum atomic E-state index is -5.90. The highest BCUT2D eigenvalue weighted by molar-refractivity contribution is 7.88. The second kappa shape index (κ2) is 7.53. The number of carbonyl (C=O) groups excluding carboxylic acids is 1. The van der Waals surface area contributed by atoms with E-state index in [-0.39, 0.29) is 4.88 Å². The molecule has 0 aliphatic heterocycles. The average Bonchev–Trinajstić information content (AvgIpc) is 3.04. The Morgan fingerprint density at radius 1 is 1.37 bits per heavy atom. The summed E-state index contributed by atoms with van der Waals surface area (Å²) in [7, 11) is -4.69. The number of aryl methyl sites for hydroxylation is 1. The van der Waals surface area contributed by atoms with E-state index in [4.69, 9.17) is 6.57 Å². The van der Waals surface area contributed by atoms with Gasteiger partial charge in [0.2, 0.25) is 5.69 Å². The molecule has 12 heteroatoms. The van der Waals surface area contributed by atoms with Crippen LogP contribution in [-0.4, -0.2) is 32.0 Å². The molecule has 0 saturated heterocycles. The van der Waals surface area contributed by atoms with Crippen LogP contribution in [0, 0.1) is 6.57 Å². The van der Waals surface area contributed by atoms with Gasteiger partial charge in [0.1, 0.15) is 15.6 Å². The SMILES string of the molecule is [C-]#[N+]c1cc(-c2nc(CC)c(C(=O)OC)s2)ccc1OS(=O)(=O)C(F)(F)F. The molecule has 0 N–H and O–H groups in total. The number of rotatable bonds is 5. The van der Waals surface area contributed by atoms with Crippen molar-refractivity contribution in [3.05, 3.63) is 40.2 Å². The fourth-order valence-corrected chi connectivity index (χ4v) is 3.48. The summed E-state index contributed by atoms with van der Waals surface area (Å²) >= 11 is 0.985. The molecule has 0 spiro atoms. The van der Waals surface area contributed by atoms with E-state index in [1.165, 1.54) is 13.2 Å². The largest absolute Gasteiger partial charge is 0.534 e. The number of nitrogens with zero attached hydrogens (tertiary/aromatic N) is 2. The van der Waals surface area contributed by atoms with Crippen LogP contribution in [0.15, 0.2) is 18.2 Å².